The van der Waals surface area contributed by atoms with Gasteiger partial charge in [-0.1, -0.05) is 39.0 Å². The molecular formula is C28H43NO7. The zero-order valence-corrected chi connectivity index (χ0v) is 22.3. The van der Waals surface area contributed by atoms with Gasteiger partial charge in [0.15, 0.2) is 0 Å². The van der Waals surface area contributed by atoms with Gasteiger partial charge in [-0.3, -0.25) is 24.5 Å². The average molecular weight is 506 g/mol. The van der Waals surface area contributed by atoms with Gasteiger partial charge in [0, 0.05) is 44.6 Å². The molecule has 2 aliphatic rings. The molecule has 1 saturated heterocycles. The molecule has 2 rings (SSSR count). The number of aliphatic hydroxyl groups is 1. The number of allylic oxidation sites excluding steroid dienone is 2. The highest BCUT2D eigenvalue weighted by Gasteiger charge is 2.34. The van der Waals surface area contributed by atoms with Crippen molar-refractivity contribution >= 4 is 23.6 Å². The van der Waals surface area contributed by atoms with Crippen LogP contribution in [-0.2, 0) is 28.7 Å². The Balaban J connectivity index is 2.07. The number of piperidine rings is 1. The number of cyclic esters (lactones) is 1. The van der Waals surface area contributed by atoms with Crippen LogP contribution in [0.5, 0.6) is 0 Å². The van der Waals surface area contributed by atoms with Crippen LogP contribution < -0.4 is 5.32 Å². The molecule has 8 heteroatoms. The Labute approximate surface area is 214 Å². The summed E-state index contributed by atoms with van der Waals surface area (Å²) in [5.41, 5.74) is 0.717. The summed E-state index contributed by atoms with van der Waals surface area (Å²) in [7, 11) is 1.54. The van der Waals surface area contributed by atoms with Crippen molar-refractivity contribution in [1.29, 1.82) is 0 Å². The van der Waals surface area contributed by atoms with Gasteiger partial charge in [0.25, 0.3) is 0 Å². The molecule has 0 saturated carbocycles. The van der Waals surface area contributed by atoms with Crippen LogP contribution in [0.25, 0.3) is 0 Å². The highest BCUT2D eigenvalue weighted by molar-refractivity contribution is 5.97. The smallest absolute Gasteiger partial charge is 0.306 e. The lowest BCUT2D eigenvalue weighted by Crippen LogP contribution is -2.41. The van der Waals surface area contributed by atoms with Crippen molar-refractivity contribution in [3.05, 3.63) is 23.8 Å². The number of esters is 1. The molecule has 6 atom stereocenters. The largest absolute Gasteiger partial charge is 0.457 e. The quantitative estimate of drug-likeness (QED) is 0.293. The molecule has 0 radical (unpaired) electrons. The zero-order chi connectivity index (χ0) is 26.8. The van der Waals surface area contributed by atoms with E-state index in [2.05, 4.69) is 5.32 Å². The predicted molar refractivity (Wildman–Crippen MR) is 136 cm³/mol. The second-order valence-corrected chi connectivity index (χ2v) is 10.6. The number of hydrogen-bond donors (Lipinski definition) is 2. The number of Topliss-reactive ketones (excluding diaryl/α,β-unsaturated/α-hetero) is 1. The summed E-state index contributed by atoms with van der Waals surface area (Å²) < 4.78 is 11.4. The second-order valence-electron chi connectivity index (χ2n) is 10.6. The first-order valence-corrected chi connectivity index (χ1v) is 13.1. The second kappa shape index (κ2) is 14.4. The van der Waals surface area contributed by atoms with E-state index in [1.165, 1.54) is 0 Å². The number of imide groups is 1. The van der Waals surface area contributed by atoms with Gasteiger partial charge < -0.3 is 14.6 Å². The van der Waals surface area contributed by atoms with Crippen LogP contribution in [0.15, 0.2) is 23.8 Å². The van der Waals surface area contributed by atoms with Gasteiger partial charge >= 0.3 is 5.97 Å². The van der Waals surface area contributed by atoms with Gasteiger partial charge in [0.2, 0.25) is 11.8 Å². The fourth-order valence-corrected chi connectivity index (χ4v) is 5.05. The summed E-state index contributed by atoms with van der Waals surface area (Å²) in [5, 5.41) is 13.3. The van der Waals surface area contributed by atoms with Gasteiger partial charge in [0.05, 0.1) is 6.10 Å². The van der Waals surface area contributed by atoms with E-state index in [1.807, 2.05) is 45.9 Å². The molecule has 0 bridgehead atoms. The van der Waals surface area contributed by atoms with Gasteiger partial charge in [-0.15, -0.1) is 0 Å². The molecule has 0 aromatic rings. The molecule has 36 heavy (non-hydrogen) atoms. The highest BCUT2D eigenvalue weighted by atomic mass is 16.5. The van der Waals surface area contributed by atoms with Crippen molar-refractivity contribution in [3.8, 4) is 0 Å². The number of ether oxygens (including phenoxy) is 2. The van der Waals surface area contributed by atoms with E-state index < -0.39 is 30.1 Å². The van der Waals surface area contributed by atoms with Crippen LogP contribution in [0.3, 0.4) is 0 Å². The minimum absolute atomic E-state index is 0.0187. The van der Waals surface area contributed by atoms with E-state index in [4.69, 9.17) is 9.47 Å². The number of methoxy groups -OCH3 is 1. The minimum Gasteiger partial charge on any atom is -0.457 e. The lowest BCUT2D eigenvalue weighted by Gasteiger charge is -2.32. The first-order chi connectivity index (χ1) is 17.0. The fraction of sp³-hybridized carbons (Fsp3) is 0.714. The number of carbonyl (C=O) groups is 4. The molecule has 2 aliphatic heterocycles. The number of carbonyl (C=O) groups excluding carboxylic acids is 4. The molecule has 0 aromatic heterocycles. The van der Waals surface area contributed by atoms with Crippen LogP contribution in [0.4, 0.5) is 0 Å². The number of nitrogens with one attached hydrogen (secondary N) is 1. The average Bonchev–Trinajstić information content (AvgIpc) is 2.80. The third kappa shape index (κ3) is 9.28. The Bertz CT molecular complexity index is 833. The van der Waals surface area contributed by atoms with Crippen LogP contribution in [0, 0.1) is 23.7 Å². The minimum atomic E-state index is -0.898. The molecule has 2 N–H and O–H groups in total. The zero-order valence-electron chi connectivity index (χ0n) is 22.3. The van der Waals surface area contributed by atoms with Crippen molar-refractivity contribution in [1.82, 2.24) is 5.32 Å². The molecular weight excluding hydrogens is 462 g/mol. The first-order valence-electron chi connectivity index (χ1n) is 13.1. The standard InChI is InChI=1S/C28H43NO7/c1-17-9-6-7-12-23(35-5)27(34)20(4)28(36-26(33)13-17)19(3)14-18(2)22(30)11-8-10-21-15-24(31)29-25(32)16-21/h7,12,14,17-18,20-21,23,27-28,34H,6,8-11,13,15-16H2,1-5H3,(H,29,31,32)/b12-7+,19-14+. The highest BCUT2D eigenvalue weighted by Crippen LogP contribution is 2.27. The van der Waals surface area contributed by atoms with Gasteiger partial charge in [-0.2, -0.15) is 0 Å². The van der Waals surface area contributed by atoms with Gasteiger partial charge in [0.1, 0.15) is 18.0 Å². The summed E-state index contributed by atoms with van der Waals surface area (Å²) in [5.74, 6) is -1.48. The topological polar surface area (TPSA) is 119 Å². The first kappa shape index (κ1) is 29.9. The maximum atomic E-state index is 12.8. The lowest BCUT2D eigenvalue weighted by atomic mass is 9.86. The van der Waals surface area contributed by atoms with E-state index >= 15 is 0 Å². The Morgan fingerprint density at radius 2 is 1.89 bits per heavy atom. The summed E-state index contributed by atoms with van der Waals surface area (Å²) >= 11 is 0. The van der Waals surface area contributed by atoms with Crippen molar-refractivity contribution in [2.75, 3.05) is 7.11 Å². The maximum absolute atomic E-state index is 12.8. The molecule has 0 aliphatic carbocycles. The van der Waals surface area contributed by atoms with Gasteiger partial charge in [-0.25, -0.2) is 0 Å². The number of amides is 2. The molecule has 0 spiro atoms. The van der Waals surface area contributed by atoms with Crippen molar-refractivity contribution in [3.63, 3.8) is 0 Å². The van der Waals surface area contributed by atoms with Crippen molar-refractivity contribution in [2.45, 2.75) is 97.4 Å². The number of hydrogen-bond acceptors (Lipinski definition) is 7. The Morgan fingerprint density at radius 3 is 2.53 bits per heavy atom. The van der Waals surface area contributed by atoms with Crippen LogP contribution in [0.2, 0.25) is 0 Å². The van der Waals surface area contributed by atoms with Crippen LogP contribution >= 0.6 is 0 Å². The third-order valence-corrected chi connectivity index (χ3v) is 7.28. The molecule has 8 nitrogen and oxygen atoms in total. The molecule has 6 unspecified atom stereocenters. The molecule has 1 fully saturated rings. The third-order valence-electron chi connectivity index (χ3n) is 7.28. The van der Waals surface area contributed by atoms with E-state index in [1.54, 1.807) is 7.11 Å². The predicted octanol–water partition coefficient (Wildman–Crippen LogP) is 3.66. The van der Waals surface area contributed by atoms with Crippen LogP contribution in [-0.4, -0.2) is 54.1 Å². The molecule has 2 amide bonds. The summed E-state index contributed by atoms with van der Waals surface area (Å²) in [6, 6.07) is 0. The van der Waals surface area contributed by atoms with E-state index in [0.29, 0.717) is 44.1 Å². The normalized spacial score (nSPS) is 31.0. The number of ketones is 1. The van der Waals surface area contributed by atoms with E-state index in [-0.39, 0.29) is 35.4 Å². The Morgan fingerprint density at radius 1 is 1.22 bits per heavy atom. The van der Waals surface area contributed by atoms with Crippen molar-refractivity contribution in [2.24, 2.45) is 23.7 Å². The summed E-state index contributed by atoms with van der Waals surface area (Å²) in [6.07, 6.45) is 7.70. The molecule has 2 heterocycles. The fourth-order valence-electron chi connectivity index (χ4n) is 5.05. The number of aliphatic hydroxyl groups excluding tert-OH is 1. The lowest BCUT2D eigenvalue weighted by molar-refractivity contribution is -0.154. The van der Waals surface area contributed by atoms with E-state index in [0.717, 1.165) is 12.8 Å². The maximum Gasteiger partial charge on any atom is 0.306 e. The number of rotatable bonds is 8. The van der Waals surface area contributed by atoms with E-state index in [9.17, 15) is 24.3 Å². The van der Waals surface area contributed by atoms with Crippen LogP contribution in [0.1, 0.15) is 79.1 Å². The summed E-state index contributed by atoms with van der Waals surface area (Å²) in [4.78, 5) is 48.6. The molecule has 0 aromatic carbocycles. The Hall–Kier alpha value is -2.32. The molecule has 202 valence electrons. The SMILES string of the molecule is COC1/C=C/CCC(C)CC(=O)OC(/C(C)=C/C(C)C(=O)CCCC2CC(=O)NC(=O)C2)C(C)C1O. The Kier molecular flexibility index (Phi) is 12.0. The summed E-state index contributed by atoms with van der Waals surface area (Å²) in [6.45, 7) is 7.47. The van der Waals surface area contributed by atoms with Crippen molar-refractivity contribution < 1.29 is 33.8 Å². The van der Waals surface area contributed by atoms with Gasteiger partial charge in [-0.05, 0) is 50.0 Å². The monoisotopic (exact) mass is 505 g/mol.